The molecule has 52 heavy (non-hydrogen) atoms. The molecular weight excluding hydrogens is 647 g/mol. The van der Waals surface area contributed by atoms with Crippen LogP contribution in [0.15, 0.2) is 200 Å². The predicted octanol–water partition coefficient (Wildman–Crippen LogP) is 14.8. The SMILES string of the molecule is c1ccc(-c2ccc3cc(-c4ccc5cc(N(c6ccccc6-c6ccccc6)c6cccc7sc8ccccc8c67)ccc5c4)ccc3c2)cc1. The van der Waals surface area contributed by atoms with Gasteiger partial charge < -0.3 is 4.90 Å². The standard InChI is InChI=1S/C50H33NS/c1-3-12-34(13-4-1)36-22-23-38-31-39(25-24-37(38)30-36)40-26-27-42-33-43(29-28-41(42)32-40)51(46-18-9-7-16-44(46)35-14-5-2-6-15-35)47-19-11-21-49-50(47)45-17-8-10-20-48(45)52-49/h1-33H. The molecule has 9 aromatic carbocycles. The first-order chi connectivity index (χ1) is 25.8. The predicted molar refractivity (Wildman–Crippen MR) is 225 cm³/mol. The highest BCUT2D eigenvalue weighted by Crippen LogP contribution is 2.47. The Bertz CT molecular complexity index is 2910. The second-order valence-electron chi connectivity index (χ2n) is 13.4. The molecule has 0 aliphatic heterocycles. The van der Waals surface area contributed by atoms with Crippen molar-refractivity contribution in [2.24, 2.45) is 0 Å². The van der Waals surface area contributed by atoms with Crippen LogP contribution in [0.4, 0.5) is 17.1 Å². The number of thiophene rings is 1. The monoisotopic (exact) mass is 679 g/mol. The maximum Gasteiger partial charge on any atom is 0.0555 e. The Labute approximate surface area is 307 Å². The summed E-state index contributed by atoms with van der Waals surface area (Å²) in [6.07, 6.45) is 0. The summed E-state index contributed by atoms with van der Waals surface area (Å²) in [5, 5.41) is 7.50. The van der Waals surface area contributed by atoms with Gasteiger partial charge in [-0.3, -0.25) is 0 Å². The number of benzene rings is 9. The van der Waals surface area contributed by atoms with Crippen molar-refractivity contribution in [2.75, 3.05) is 4.90 Å². The van der Waals surface area contributed by atoms with Gasteiger partial charge in [-0.25, -0.2) is 0 Å². The van der Waals surface area contributed by atoms with Gasteiger partial charge in [0, 0.05) is 31.4 Å². The minimum Gasteiger partial charge on any atom is -0.309 e. The fraction of sp³-hybridized carbons (Fsp3) is 0. The van der Waals surface area contributed by atoms with Crippen LogP contribution in [0.1, 0.15) is 0 Å². The van der Waals surface area contributed by atoms with Gasteiger partial charge in [0.25, 0.3) is 0 Å². The number of anilines is 3. The lowest BCUT2D eigenvalue weighted by molar-refractivity contribution is 1.31. The fourth-order valence-corrected chi connectivity index (χ4v) is 8.79. The molecular formula is C50H33NS. The molecule has 0 unspecified atom stereocenters. The first-order valence-corrected chi connectivity index (χ1v) is 18.6. The van der Waals surface area contributed by atoms with Crippen LogP contribution in [0.3, 0.4) is 0 Å². The molecule has 10 rings (SSSR count). The molecule has 0 atom stereocenters. The first-order valence-electron chi connectivity index (χ1n) is 17.8. The summed E-state index contributed by atoms with van der Waals surface area (Å²) in [5.41, 5.74) is 10.8. The Kier molecular flexibility index (Phi) is 7.41. The van der Waals surface area contributed by atoms with Crippen molar-refractivity contribution in [3.05, 3.63) is 200 Å². The van der Waals surface area contributed by atoms with Crippen LogP contribution >= 0.6 is 11.3 Å². The van der Waals surface area contributed by atoms with Gasteiger partial charge in [-0.05, 0) is 104 Å². The maximum atomic E-state index is 2.46. The highest BCUT2D eigenvalue weighted by atomic mass is 32.1. The minimum atomic E-state index is 1.13. The van der Waals surface area contributed by atoms with E-state index < -0.39 is 0 Å². The Morgan fingerprint density at radius 3 is 1.56 bits per heavy atom. The second-order valence-corrected chi connectivity index (χ2v) is 14.4. The summed E-state index contributed by atoms with van der Waals surface area (Å²) in [6, 6.07) is 73.0. The Morgan fingerprint density at radius 2 is 0.846 bits per heavy atom. The number of nitrogens with zero attached hydrogens (tertiary/aromatic N) is 1. The quantitative estimate of drug-likeness (QED) is 0.169. The molecule has 1 nitrogen and oxygen atoms in total. The third kappa shape index (κ3) is 5.33. The van der Waals surface area contributed by atoms with Crippen molar-refractivity contribution >= 4 is 70.1 Å². The van der Waals surface area contributed by atoms with E-state index >= 15 is 0 Å². The van der Waals surface area contributed by atoms with Crippen LogP contribution in [0.25, 0.3) is 75.1 Å². The van der Waals surface area contributed by atoms with Crippen molar-refractivity contribution in [1.29, 1.82) is 0 Å². The largest absolute Gasteiger partial charge is 0.309 e. The lowest BCUT2D eigenvalue weighted by atomic mass is 9.96. The summed E-state index contributed by atoms with van der Waals surface area (Å²) in [5.74, 6) is 0. The van der Waals surface area contributed by atoms with E-state index in [0.717, 1.165) is 11.4 Å². The molecule has 0 spiro atoms. The Balaban J connectivity index is 1.10. The van der Waals surface area contributed by atoms with Crippen LogP contribution in [0.5, 0.6) is 0 Å². The van der Waals surface area contributed by atoms with Crippen LogP contribution in [0, 0.1) is 0 Å². The lowest BCUT2D eigenvalue weighted by Crippen LogP contribution is -2.11. The number of rotatable bonds is 6. The van der Waals surface area contributed by atoms with Gasteiger partial charge in [-0.2, -0.15) is 0 Å². The Hall–Kier alpha value is -6.48. The zero-order valence-electron chi connectivity index (χ0n) is 28.4. The maximum absolute atomic E-state index is 2.46. The van der Waals surface area contributed by atoms with E-state index in [2.05, 4.69) is 205 Å². The van der Waals surface area contributed by atoms with Crippen LogP contribution in [-0.2, 0) is 0 Å². The number of fused-ring (bicyclic) bond motifs is 5. The van der Waals surface area contributed by atoms with Gasteiger partial charge in [-0.1, -0.05) is 146 Å². The van der Waals surface area contributed by atoms with Gasteiger partial charge >= 0.3 is 0 Å². The molecule has 0 bridgehead atoms. The topological polar surface area (TPSA) is 3.24 Å². The van der Waals surface area contributed by atoms with Crippen molar-refractivity contribution in [3.63, 3.8) is 0 Å². The minimum absolute atomic E-state index is 1.13. The summed E-state index contributed by atoms with van der Waals surface area (Å²) in [6.45, 7) is 0. The van der Waals surface area contributed by atoms with E-state index in [-0.39, 0.29) is 0 Å². The molecule has 0 aliphatic rings. The lowest BCUT2D eigenvalue weighted by Gasteiger charge is -2.29. The molecule has 0 aliphatic carbocycles. The van der Waals surface area contributed by atoms with Crippen molar-refractivity contribution < 1.29 is 0 Å². The molecule has 0 fully saturated rings. The zero-order chi connectivity index (χ0) is 34.4. The summed E-state index contributed by atoms with van der Waals surface area (Å²) >= 11 is 1.86. The molecule has 0 radical (unpaired) electrons. The third-order valence-corrected chi connectivity index (χ3v) is 11.3. The van der Waals surface area contributed by atoms with E-state index in [1.807, 2.05) is 11.3 Å². The molecule has 2 heteroatoms. The van der Waals surface area contributed by atoms with Gasteiger partial charge in [0.1, 0.15) is 0 Å². The number of para-hydroxylation sites is 1. The molecule has 0 amide bonds. The van der Waals surface area contributed by atoms with Gasteiger partial charge in [0.15, 0.2) is 0 Å². The summed E-state index contributed by atoms with van der Waals surface area (Å²) in [4.78, 5) is 2.46. The average molecular weight is 680 g/mol. The summed E-state index contributed by atoms with van der Waals surface area (Å²) < 4.78 is 2.59. The fourth-order valence-electron chi connectivity index (χ4n) is 7.67. The summed E-state index contributed by atoms with van der Waals surface area (Å²) in [7, 11) is 0. The van der Waals surface area contributed by atoms with E-state index in [1.165, 1.54) is 80.8 Å². The molecule has 244 valence electrons. The molecule has 1 heterocycles. The van der Waals surface area contributed by atoms with Gasteiger partial charge in [0.2, 0.25) is 0 Å². The molecule has 0 saturated carbocycles. The van der Waals surface area contributed by atoms with Crippen molar-refractivity contribution in [2.45, 2.75) is 0 Å². The van der Waals surface area contributed by atoms with E-state index in [4.69, 9.17) is 0 Å². The highest BCUT2D eigenvalue weighted by molar-refractivity contribution is 7.26. The second kappa shape index (κ2) is 12.7. The normalized spacial score (nSPS) is 11.5. The molecule has 10 aromatic rings. The van der Waals surface area contributed by atoms with E-state index in [9.17, 15) is 0 Å². The van der Waals surface area contributed by atoms with Crippen LogP contribution < -0.4 is 4.90 Å². The number of hydrogen-bond donors (Lipinski definition) is 0. The number of hydrogen-bond acceptors (Lipinski definition) is 2. The molecule has 0 N–H and O–H groups in total. The van der Waals surface area contributed by atoms with E-state index in [1.54, 1.807) is 0 Å². The van der Waals surface area contributed by atoms with Crippen molar-refractivity contribution in [3.8, 4) is 33.4 Å². The third-order valence-electron chi connectivity index (χ3n) is 10.2. The van der Waals surface area contributed by atoms with Crippen LogP contribution in [0.2, 0.25) is 0 Å². The highest BCUT2D eigenvalue weighted by Gasteiger charge is 2.21. The van der Waals surface area contributed by atoms with Gasteiger partial charge in [-0.15, -0.1) is 11.3 Å². The molecule has 0 saturated heterocycles. The van der Waals surface area contributed by atoms with E-state index in [0.29, 0.717) is 0 Å². The first kappa shape index (κ1) is 30.4. The van der Waals surface area contributed by atoms with Gasteiger partial charge in [0.05, 0.1) is 11.4 Å². The Morgan fingerprint density at radius 1 is 0.327 bits per heavy atom. The smallest absolute Gasteiger partial charge is 0.0555 e. The van der Waals surface area contributed by atoms with Crippen LogP contribution in [-0.4, -0.2) is 0 Å². The van der Waals surface area contributed by atoms with Crippen molar-refractivity contribution in [1.82, 2.24) is 0 Å². The average Bonchev–Trinajstić information content (AvgIpc) is 3.61. The molecule has 1 aromatic heterocycles. The zero-order valence-corrected chi connectivity index (χ0v) is 29.2.